The van der Waals surface area contributed by atoms with Crippen LogP contribution in [0.2, 0.25) is 0 Å². The van der Waals surface area contributed by atoms with E-state index in [9.17, 15) is 40.4 Å². The molecule has 23 nitrogen and oxygen atoms in total. The van der Waals surface area contributed by atoms with E-state index in [4.69, 9.17) is 28.4 Å². The highest BCUT2D eigenvalue weighted by Crippen LogP contribution is 2.40. The molecule has 0 amide bonds. The van der Waals surface area contributed by atoms with Gasteiger partial charge < -0.3 is 63.8 Å². The molecule has 1 aromatic carbocycles. The summed E-state index contributed by atoms with van der Waals surface area (Å²) in [5, 5.41) is 88.3. The fraction of sp³-hybridized carbons (Fsp3) is 0.788. The SMILES string of the molecule is CC[C@H]1OC(=O)[C@H](C)[C@@H](O[C@H]2C[C@@](C)(OC)[C@@H](O)[C@H](C)O2)[C@H](C)[C@@H](O[C@@H]2O[C@H](C)C[C@H](N(C)CCc3cn([C@H](Cc4ccc([N+](=O)[O-])cc4)Cn4ccnn4)nn3)[C@H]2O)[C@](C)(O)C[C@@H](C)CN(C)[C@H](C)[C@@H](O)[C@]1(C)O. The van der Waals surface area contributed by atoms with Crippen molar-refractivity contribution in [3.8, 4) is 0 Å². The van der Waals surface area contributed by atoms with Crippen LogP contribution in [0.4, 0.5) is 5.69 Å². The number of carbonyl (C=O) groups is 1. The molecule has 75 heavy (non-hydrogen) atoms. The molecule has 422 valence electrons. The Kier molecular flexibility index (Phi) is 20.1. The van der Waals surface area contributed by atoms with Gasteiger partial charge in [0.2, 0.25) is 0 Å². The number of likely N-dealkylation sites (N-methyl/N-ethyl adjacent to an activating group) is 2. The summed E-state index contributed by atoms with van der Waals surface area (Å²) in [6, 6.07) is 5.08. The number of ether oxygens (including phenoxy) is 6. The van der Waals surface area contributed by atoms with E-state index in [1.165, 1.54) is 26.2 Å². The smallest absolute Gasteiger partial charge is 0.311 e. The summed E-state index contributed by atoms with van der Waals surface area (Å²) < 4.78 is 41.8. The number of esters is 1. The molecule has 0 unspecified atom stereocenters. The van der Waals surface area contributed by atoms with Gasteiger partial charge in [-0.25, -0.2) is 4.68 Å². The summed E-state index contributed by atoms with van der Waals surface area (Å²) in [5.74, 6) is -2.88. The van der Waals surface area contributed by atoms with E-state index in [1.807, 2.05) is 43.9 Å². The van der Waals surface area contributed by atoms with Crippen LogP contribution in [0, 0.1) is 27.9 Å². The number of benzene rings is 1. The summed E-state index contributed by atoms with van der Waals surface area (Å²) in [6.45, 7) is 18.7. The first-order valence-corrected chi connectivity index (χ1v) is 26.4. The number of non-ortho nitro benzene ring substituents is 1. The van der Waals surface area contributed by atoms with E-state index in [1.54, 1.807) is 82.4 Å². The molecule has 5 heterocycles. The van der Waals surface area contributed by atoms with Crippen molar-refractivity contribution in [3.05, 3.63) is 64.2 Å². The predicted octanol–water partition coefficient (Wildman–Crippen LogP) is 3.09. The zero-order chi connectivity index (χ0) is 55.3. The Morgan fingerprint density at radius 3 is 2.31 bits per heavy atom. The van der Waals surface area contributed by atoms with Crippen LogP contribution in [0.3, 0.4) is 0 Å². The lowest BCUT2D eigenvalue weighted by molar-refractivity contribution is -0.384. The van der Waals surface area contributed by atoms with E-state index in [0.29, 0.717) is 44.6 Å². The molecule has 0 saturated carbocycles. The van der Waals surface area contributed by atoms with Gasteiger partial charge in [-0.1, -0.05) is 43.3 Å². The minimum absolute atomic E-state index is 0.00201. The van der Waals surface area contributed by atoms with Crippen molar-refractivity contribution in [2.24, 2.45) is 17.8 Å². The number of cyclic esters (lactones) is 1. The summed E-state index contributed by atoms with van der Waals surface area (Å²) in [5.41, 5.74) is -3.03. The standard InChI is InChI=1S/C52H85N9O14/c1-14-41-52(10,67)45(63)34(6)58(12)27-30(2)25-50(8,66)47(32(4)44(33(5)48(65)73-41)74-42-26-51(9,70-13)46(64)35(7)72-42)75-49-43(62)40(23-31(3)71-49)57(11)21-19-37-28-60(56-54-37)39(29-59-22-20-53-55-59)24-36-15-17-38(18-16-36)61(68)69/h15-18,20,22,28,30-35,39-47,49,62-64,66-67H,14,19,21,23-27,29H2,1-13H3/t30-,31-,32+,33-,34-,35+,39-,40+,41-,42+,43-,44+,45-,46+,47-,49+,50-,51-,52-/m1/s1. The number of aliphatic hydroxyl groups excluding tert-OH is 3. The second kappa shape index (κ2) is 25.1. The Bertz CT molecular complexity index is 2270. The van der Waals surface area contributed by atoms with Gasteiger partial charge in [-0.15, -0.1) is 10.2 Å². The van der Waals surface area contributed by atoms with Crippen LogP contribution in [-0.2, 0) is 52.6 Å². The minimum atomic E-state index is -1.85. The Morgan fingerprint density at radius 1 is 0.987 bits per heavy atom. The van der Waals surface area contributed by atoms with Gasteiger partial charge in [-0.05, 0) is 99.7 Å². The minimum Gasteiger partial charge on any atom is -0.459 e. The molecule has 0 bridgehead atoms. The first kappa shape index (κ1) is 60.1. The predicted molar refractivity (Wildman–Crippen MR) is 273 cm³/mol. The molecular formula is C52H85N9O14. The van der Waals surface area contributed by atoms with Crippen molar-refractivity contribution in [3.63, 3.8) is 0 Å². The second-order valence-electron chi connectivity index (χ2n) is 22.5. The lowest BCUT2D eigenvalue weighted by Gasteiger charge is -2.49. The maximum Gasteiger partial charge on any atom is 0.311 e. The monoisotopic (exact) mass is 1060 g/mol. The fourth-order valence-corrected chi connectivity index (χ4v) is 11.5. The van der Waals surface area contributed by atoms with Crippen LogP contribution in [-0.4, -0.2) is 201 Å². The van der Waals surface area contributed by atoms with Crippen LogP contribution in [0.1, 0.15) is 112 Å². The van der Waals surface area contributed by atoms with Crippen molar-refractivity contribution in [1.29, 1.82) is 0 Å². The number of carbonyl (C=O) groups excluding carboxylic acids is 1. The van der Waals surface area contributed by atoms with Gasteiger partial charge in [0.25, 0.3) is 5.69 Å². The molecule has 3 aliphatic rings. The molecule has 3 aromatic rings. The van der Waals surface area contributed by atoms with E-state index in [2.05, 4.69) is 20.6 Å². The van der Waals surface area contributed by atoms with Gasteiger partial charge in [0, 0.05) is 75.6 Å². The fourth-order valence-electron chi connectivity index (χ4n) is 11.5. The third-order valence-electron chi connectivity index (χ3n) is 16.3. The first-order chi connectivity index (χ1) is 35.2. The number of rotatable bonds is 16. The number of methoxy groups -OCH3 is 1. The highest BCUT2D eigenvalue weighted by Gasteiger charge is 2.53. The molecule has 3 fully saturated rings. The highest BCUT2D eigenvalue weighted by molar-refractivity contribution is 5.73. The Balaban J connectivity index is 1.27. The molecule has 3 saturated heterocycles. The number of nitrogens with zero attached hydrogens (tertiary/aromatic N) is 9. The molecule has 3 aliphatic heterocycles. The topological polar surface area (TPSA) is 285 Å². The van der Waals surface area contributed by atoms with Gasteiger partial charge in [0.15, 0.2) is 12.6 Å². The molecule has 23 heteroatoms. The molecule has 19 atom stereocenters. The van der Waals surface area contributed by atoms with Gasteiger partial charge in [0.1, 0.15) is 30.0 Å². The Hall–Kier alpha value is -4.11. The normalized spacial score (nSPS) is 38.4. The van der Waals surface area contributed by atoms with E-state index in [0.717, 1.165) is 5.56 Å². The van der Waals surface area contributed by atoms with E-state index in [-0.39, 0.29) is 36.9 Å². The zero-order valence-corrected chi connectivity index (χ0v) is 46.1. The lowest BCUT2D eigenvalue weighted by atomic mass is 9.77. The van der Waals surface area contributed by atoms with Crippen LogP contribution >= 0.6 is 0 Å². The Labute approximate surface area is 440 Å². The summed E-state index contributed by atoms with van der Waals surface area (Å²) in [7, 11) is 5.23. The van der Waals surface area contributed by atoms with Crippen molar-refractivity contribution in [2.75, 3.05) is 34.3 Å². The second-order valence-corrected chi connectivity index (χ2v) is 22.5. The maximum absolute atomic E-state index is 14.5. The van der Waals surface area contributed by atoms with E-state index < -0.39 is 113 Å². The molecule has 0 aliphatic carbocycles. The Morgan fingerprint density at radius 2 is 1.68 bits per heavy atom. The van der Waals surface area contributed by atoms with Crippen molar-refractivity contribution in [1.82, 2.24) is 39.8 Å². The van der Waals surface area contributed by atoms with Gasteiger partial charge in [-0.2, -0.15) is 0 Å². The largest absolute Gasteiger partial charge is 0.459 e. The molecule has 5 N–H and O–H groups in total. The lowest BCUT2D eigenvalue weighted by Crippen LogP contribution is -2.61. The van der Waals surface area contributed by atoms with E-state index >= 15 is 0 Å². The van der Waals surface area contributed by atoms with Gasteiger partial charge >= 0.3 is 5.97 Å². The molecule has 2 aromatic heterocycles. The summed E-state index contributed by atoms with van der Waals surface area (Å²) >= 11 is 0. The number of aromatic nitrogens is 6. The molecule has 0 radical (unpaired) electrons. The number of hydrogen-bond donors (Lipinski definition) is 5. The maximum atomic E-state index is 14.5. The summed E-state index contributed by atoms with van der Waals surface area (Å²) in [4.78, 5) is 29.3. The van der Waals surface area contributed by atoms with Crippen LogP contribution in [0.5, 0.6) is 0 Å². The molecule has 6 rings (SSSR count). The zero-order valence-electron chi connectivity index (χ0n) is 46.1. The van der Waals surface area contributed by atoms with Crippen LogP contribution in [0.15, 0.2) is 42.9 Å². The van der Waals surface area contributed by atoms with Gasteiger partial charge in [-0.3, -0.25) is 19.6 Å². The van der Waals surface area contributed by atoms with Crippen molar-refractivity contribution >= 4 is 11.7 Å². The quantitative estimate of drug-likeness (QED) is 0.0783. The van der Waals surface area contributed by atoms with Crippen molar-refractivity contribution < 1.29 is 63.7 Å². The van der Waals surface area contributed by atoms with Crippen molar-refractivity contribution in [2.45, 2.75) is 211 Å². The van der Waals surface area contributed by atoms with Crippen LogP contribution < -0.4 is 0 Å². The number of aliphatic hydroxyl groups is 5. The summed E-state index contributed by atoms with van der Waals surface area (Å²) in [6.07, 6.45) is -3.28. The average molecular weight is 1060 g/mol. The number of nitro benzene ring substituents is 1. The third-order valence-corrected chi connectivity index (χ3v) is 16.3. The van der Waals surface area contributed by atoms with Gasteiger partial charge in [0.05, 0.1) is 70.9 Å². The molecular weight excluding hydrogens is 975 g/mol. The molecule has 0 spiro atoms. The number of hydrogen-bond acceptors (Lipinski definition) is 20. The number of nitro groups is 1. The third kappa shape index (κ3) is 14.3. The van der Waals surface area contributed by atoms with Crippen LogP contribution in [0.25, 0.3) is 0 Å². The first-order valence-electron chi connectivity index (χ1n) is 26.4. The highest BCUT2D eigenvalue weighted by atomic mass is 16.7. The average Bonchev–Trinajstić information content (AvgIpc) is 4.07.